The van der Waals surface area contributed by atoms with Gasteiger partial charge in [-0.1, -0.05) is 49.6 Å². The maximum absolute atomic E-state index is 13.0. The second-order valence-corrected chi connectivity index (χ2v) is 6.18. The molecule has 0 unspecified atom stereocenters. The highest BCUT2D eigenvalue weighted by molar-refractivity contribution is 5.91. The van der Waals surface area contributed by atoms with Crippen LogP contribution in [0.4, 0.5) is 0 Å². The number of rotatable bonds is 5. The highest BCUT2D eigenvalue weighted by Crippen LogP contribution is 2.26. The number of amides is 1. The SMILES string of the molecule is Cl.NCc1ccc(C(=O)N(Cc2ccccc2)C2CCCCC2)o1. The highest BCUT2D eigenvalue weighted by Gasteiger charge is 2.28. The van der Waals surface area contributed by atoms with Crippen LogP contribution in [0.5, 0.6) is 0 Å². The second kappa shape index (κ2) is 8.90. The Morgan fingerprint density at radius 2 is 1.79 bits per heavy atom. The van der Waals surface area contributed by atoms with Crippen molar-refractivity contribution in [1.82, 2.24) is 4.90 Å². The van der Waals surface area contributed by atoms with Crippen LogP contribution >= 0.6 is 12.4 Å². The first-order chi connectivity index (χ1) is 11.3. The van der Waals surface area contributed by atoms with Crippen molar-refractivity contribution < 1.29 is 9.21 Å². The molecular formula is C19H25ClN2O2. The molecule has 24 heavy (non-hydrogen) atoms. The van der Waals surface area contributed by atoms with E-state index in [1.54, 1.807) is 12.1 Å². The minimum atomic E-state index is -0.0274. The second-order valence-electron chi connectivity index (χ2n) is 6.18. The zero-order chi connectivity index (χ0) is 16.1. The van der Waals surface area contributed by atoms with E-state index >= 15 is 0 Å². The van der Waals surface area contributed by atoms with Gasteiger partial charge in [0, 0.05) is 12.6 Å². The number of nitrogens with zero attached hydrogens (tertiary/aromatic N) is 1. The summed E-state index contributed by atoms with van der Waals surface area (Å²) in [6, 6.07) is 14.0. The third-order valence-electron chi connectivity index (χ3n) is 4.55. The van der Waals surface area contributed by atoms with Crippen molar-refractivity contribution >= 4 is 18.3 Å². The van der Waals surface area contributed by atoms with Gasteiger partial charge in [0.25, 0.3) is 5.91 Å². The summed E-state index contributed by atoms with van der Waals surface area (Å²) in [4.78, 5) is 14.9. The first kappa shape index (κ1) is 18.6. The van der Waals surface area contributed by atoms with Crippen LogP contribution in [0.25, 0.3) is 0 Å². The Kier molecular flexibility index (Phi) is 6.88. The minimum absolute atomic E-state index is 0. The number of nitrogens with two attached hydrogens (primary N) is 1. The fourth-order valence-corrected chi connectivity index (χ4v) is 3.28. The summed E-state index contributed by atoms with van der Waals surface area (Å²) in [5.74, 6) is 1.02. The lowest BCUT2D eigenvalue weighted by molar-refractivity contribution is 0.0580. The van der Waals surface area contributed by atoms with Gasteiger partial charge in [-0.2, -0.15) is 0 Å². The first-order valence-corrected chi connectivity index (χ1v) is 8.41. The molecule has 1 aromatic heterocycles. The Balaban J connectivity index is 0.00000208. The molecule has 0 bridgehead atoms. The monoisotopic (exact) mass is 348 g/mol. The largest absolute Gasteiger partial charge is 0.455 e. The lowest BCUT2D eigenvalue weighted by atomic mass is 9.93. The number of benzene rings is 1. The highest BCUT2D eigenvalue weighted by atomic mass is 35.5. The molecule has 0 atom stereocenters. The quantitative estimate of drug-likeness (QED) is 0.883. The van der Waals surface area contributed by atoms with Gasteiger partial charge in [0.1, 0.15) is 5.76 Å². The first-order valence-electron chi connectivity index (χ1n) is 8.41. The Bertz CT molecular complexity index is 636. The molecule has 0 radical (unpaired) electrons. The van der Waals surface area contributed by atoms with Crippen LogP contribution in [0.2, 0.25) is 0 Å². The molecule has 3 rings (SSSR count). The summed E-state index contributed by atoms with van der Waals surface area (Å²) in [5, 5.41) is 0. The third kappa shape index (κ3) is 4.40. The molecule has 0 saturated heterocycles. The average Bonchev–Trinajstić information content (AvgIpc) is 3.10. The number of halogens is 1. The zero-order valence-corrected chi connectivity index (χ0v) is 14.6. The summed E-state index contributed by atoms with van der Waals surface area (Å²) in [7, 11) is 0. The van der Waals surface area contributed by atoms with Gasteiger partial charge in [0.05, 0.1) is 6.54 Å². The molecule has 1 aliphatic carbocycles. The molecule has 130 valence electrons. The number of hydrogen-bond acceptors (Lipinski definition) is 3. The minimum Gasteiger partial charge on any atom is -0.455 e. The van der Waals surface area contributed by atoms with Gasteiger partial charge in [-0.3, -0.25) is 4.79 Å². The summed E-state index contributed by atoms with van der Waals surface area (Å²) < 4.78 is 5.59. The molecule has 2 N–H and O–H groups in total. The molecule has 1 aliphatic rings. The number of hydrogen-bond donors (Lipinski definition) is 1. The van der Waals surface area contributed by atoms with Crippen molar-refractivity contribution in [3.63, 3.8) is 0 Å². The molecular weight excluding hydrogens is 324 g/mol. The molecule has 1 fully saturated rings. The van der Waals surface area contributed by atoms with Gasteiger partial charge in [-0.15, -0.1) is 12.4 Å². The molecule has 5 heteroatoms. The molecule has 1 amide bonds. The van der Waals surface area contributed by atoms with E-state index < -0.39 is 0 Å². The maximum atomic E-state index is 13.0. The van der Waals surface area contributed by atoms with Gasteiger partial charge in [0.15, 0.2) is 5.76 Å². The van der Waals surface area contributed by atoms with Gasteiger partial charge in [0.2, 0.25) is 0 Å². The van der Waals surface area contributed by atoms with Crippen molar-refractivity contribution in [2.45, 2.75) is 51.2 Å². The van der Waals surface area contributed by atoms with Gasteiger partial charge < -0.3 is 15.1 Å². The molecule has 1 aromatic carbocycles. The summed E-state index contributed by atoms with van der Waals surface area (Å²) in [6.45, 7) is 0.943. The number of carbonyl (C=O) groups is 1. The lowest BCUT2D eigenvalue weighted by Crippen LogP contribution is -2.40. The van der Waals surface area contributed by atoms with Crippen LogP contribution in [0.1, 0.15) is 54.0 Å². The van der Waals surface area contributed by atoms with Crippen molar-refractivity contribution in [2.24, 2.45) is 5.73 Å². The van der Waals surface area contributed by atoms with Crippen molar-refractivity contribution in [2.75, 3.05) is 0 Å². The molecule has 0 spiro atoms. The van der Waals surface area contributed by atoms with Crippen molar-refractivity contribution in [3.8, 4) is 0 Å². The standard InChI is InChI=1S/C19H24N2O2.ClH/c20-13-17-11-12-18(23-17)19(22)21(16-9-5-2-6-10-16)14-15-7-3-1-4-8-15;/h1,3-4,7-8,11-12,16H,2,5-6,9-10,13-14,20H2;1H. The Labute approximate surface area is 149 Å². The van der Waals surface area contributed by atoms with Gasteiger partial charge in [-0.25, -0.2) is 0 Å². The molecule has 1 saturated carbocycles. The Morgan fingerprint density at radius 3 is 2.42 bits per heavy atom. The third-order valence-corrected chi connectivity index (χ3v) is 4.55. The van der Waals surface area contributed by atoms with Crippen molar-refractivity contribution in [3.05, 3.63) is 59.5 Å². The van der Waals surface area contributed by atoms with Crippen LogP contribution in [-0.2, 0) is 13.1 Å². The van der Waals surface area contributed by atoms with E-state index in [2.05, 4.69) is 12.1 Å². The fourth-order valence-electron chi connectivity index (χ4n) is 3.28. The van der Waals surface area contributed by atoms with E-state index in [0.717, 1.165) is 18.4 Å². The normalized spacial score (nSPS) is 14.9. The van der Waals surface area contributed by atoms with Gasteiger partial charge >= 0.3 is 0 Å². The Morgan fingerprint density at radius 1 is 1.08 bits per heavy atom. The lowest BCUT2D eigenvalue weighted by Gasteiger charge is -2.34. The predicted octanol–water partition coefficient (Wildman–Crippen LogP) is 4.14. The van der Waals surface area contributed by atoms with Gasteiger partial charge in [-0.05, 0) is 30.5 Å². The fraction of sp³-hybridized carbons (Fsp3) is 0.421. The van der Waals surface area contributed by atoms with Crippen LogP contribution in [-0.4, -0.2) is 16.8 Å². The van der Waals surface area contributed by atoms with Crippen LogP contribution in [0.3, 0.4) is 0 Å². The van der Waals surface area contributed by atoms with E-state index in [4.69, 9.17) is 10.2 Å². The molecule has 1 heterocycles. The van der Waals surface area contributed by atoms with E-state index in [9.17, 15) is 4.79 Å². The van der Waals surface area contributed by atoms with Crippen LogP contribution in [0.15, 0.2) is 46.9 Å². The maximum Gasteiger partial charge on any atom is 0.290 e. The van der Waals surface area contributed by atoms with E-state index in [-0.39, 0.29) is 18.3 Å². The number of carbonyl (C=O) groups excluding carboxylic acids is 1. The topological polar surface area (TPSA) is 59.5 Å². The summed E-state index contributed by atoms with van der Waals surface area (Å²) >= 11 is 0. The molecule has 2 aromatic rings. The molecule has 0 aliphatic heterocycles. The summed E-state index contributed by atoms with van der Waals surface area (Å²) in [5.41, 5.74) is 6.74. The van der Waals surface area contributed by atoms with Crippen LogP contribution in [0, 0.1) is 0 Å². The van der Waals surface area contributed by atoms with Crippen molar-refractivity contribution in [1.29, 1.82) is 0 Å². The predicted molar refractivity (Wildman–Crippen MR) is 97.0 cm³/mol. The zero-order valence-electron chi connectivity index (χ0n) is 13.8. The van der Waals surface area contributed by atoms with E-state index in [1.165, 1.54) is 19.3 Å². The molecule has 4 nitrogen and oxygen atoms in total. The van der Waals surface area contributed by atoms with E-state index in [1.807, 2.05) is 23.1 Å². The van der Waals surface area contributed by atoms with E-state index in [0.29, 0.717) is 30.7 Å². The Hall–Kier alpha value is -1.78. The average molecular weight is 349 g/mol. The smallest absolute Gasteiger partial charge is 0.290 e. The van der Waals surface area contributed by atoms with Crippen LogP contribution < -0.4 is 5.73 Å². The number of furan rings is 1. The summed E-state index contributed by atoms with van der Waals surface area (Å²) in [6.07, 6.45) is 5.79.